The Labute approximate surface area is 183 Å². The molecule has 0 amide bonds. The third-order valence-electron chi connectivity index (χ3n) is 5.86. The molecule has 0 aliphatic rings. The maximum atomic E-state index is 13.0. The van der Waals surface area contributed by atoms with Crippen molar-refractivity contribution in [2.45, 2.75) is 113 Å². The second kappa shape index (κ2) is 10.4. The first-order valence-corrected chi connectivity index (χ1v) is 10.8. The van der Waals surface area contributed by atoms with E-state index in [0.717, 1.165) is 0 Å². The van der Waals surface area contributed by atoms with Crippen molar-refractivity contribution in [1.82, 2.24) is 0 Å². The first-order valence-electron chi connectivity index (χ1n) is 10.8. The van der Waals surface area contributed by atoms with Crippen LogP contribution >= 0.6 is 0 Å². The van der Waals surface area contributed by atoms with Crippen LogP contribution in [-0.4, -0.2) is 46.6 Å². The van der Waals surface area contributed by atoms with E-state index in [1.165, 1.54) is 0 Å². The first kappa shape index (κ1) is 28.7. The van der Waals surface area contributed by atoms with E-state index in [-0.39, 0.29) is 37.4 Å². The number of hydrogen-bond donors (Lipinski definition) is 1. The van der Waals surface area contributed by atoms with Gasteiger partial charge in [0.25, 0.3) is 0 Å². The minimum atomic E-state index is -0.930. The Morgan fingerprint density at radius 2 is 1.37 bits per heavy atom. The third kappa shape index (κ3) is 8.84. The summed E-state index contributed by atoms with van der Waals surface area (Å²) in [7, 11) is 0. The van der Waals surface area contributed by atoms with Gasteiger partial charge in [0, 0.05) is 18.4 Å². The normalized spacial score (nSPS) is 15.6. The van der Waals surface area contributed by atoms with Gasteiger partial charge in [-0.1, -0.05) is 34.6 Å². The molecule has 6 nitrogen and oxygen atoms in total. The molecule has 0 aliphatic heterocycles. The lowest BCUT2D eigenvalue weighted by Crippen LogP contribution is -2.51. The molecule has 0 aromatic rings. The minimum Gasteiger partial charge on any atom is -0.481 e. The van der Waals surface area contributed by atoms with Gasteiger partial charge in [-0.2, -0.15) is 0 Å². The Morgan fingerprint density at radius 1 is 0.867 bits per heavy atom. The number of carboxylic acids is 1. The number of rotatable bonds is 12. The molecule has 30 heavy (non-hydrogen) atoms. The summed E-state index contributed by atoms with van der Waals surface area (Å²) in [5.74, 6) is -1.60. The number of ketones is 2. The molecule has 0 bridgehead atoms. The number of hydrogen-bond acceptors (Lipinski definition) is 5. The number of aliphatic carboxylic acids is 1. The van der Waals surface area contributed by atoms with Gasteiger partial charge in [-0.15, -0.1) is 0 Å². The number of ether oxygens (including phenoxy) is 2. The Balaban J connectivity index is 4.98. The van der Waals surface area contributed by atoms with E-state index in [4.69, 9.17) is 9.47 Å². The van der Waals surface area contributed by atoms with E-state index in [9.17, 15) is 19.5 Å². The zero-order chi connectivity index (χ0) is 24.1. The van der Waals surface area contributed by atoms with Gasteiger partial charge in [0.2, 0.25) is 0 Å². The highest BCUT2D eigenvalue weighted by molar-refractivity contribution is 5.89. The molecular formula is C24H44O6. The van der Waals surface area contributed by atoms with Crippen LogP contribution in [-0.2, 0) is 23.9 Å². The monoisotopic (exact) mass is 428 g/mol. The van der Waals surface area contributed by atoms with Crippen molar-refractivity contribution in [2.75, 3.05) is 6.61 Å². The second-order valence-corrected chi connectivity index (χ2v) is 11.3. The largest absolute Gasteiger partial charge is 0.481 e. The van der Waals surface area contributed by atoms with Crippen molar-refractivity contribution in [1.29, 1.82) is 0 Å². The number of carbonyl (C=O) groups excluding carboxylic acids is 2. The number of carboxylic acid groups (broad SMARTS) is 1. The topological polar surface area (TPSA) is 89.9 Å². The van der Waals surface area contributed by atoms with Gasteiger partial charge in [-0.25, -0.2) is 0 Å². The van der Waals surface area contributed by atoms with Gasteiger partial charge in [0.1, 0.15) is 11.9 Å². The van der Waals surface area contributed by atoms with Crippen LogP contribution < -0.4 is 0 Å². The van der Waals surface area contributed by atoms with Gasteiger partial charge >= 0.3 is 5.97 Å². The quantitative estimate of drug-likeness (QED) is 0.467. The molecule has 176 valence electrons. The molecule has 0 heterocycles. The summed E-state index contributed by atoms with van der Waals surface area (Å²) in [5.41, 5.74) is -2.56. The van der Waals surface area contributed by atoms with E-state index in [2.05, 4.69) is 0 Å². The lowest BCUT2D eigenvalue weighted by Gasteiger charge is -2.42. The Kier molecular flexibility index (Phi) is 9.92. The van der Waals surface area contributed by atoms with Crippen molar-refractivity contribution in [3.8, 4) is 0 Å². The van der Waals surface area contributed by atoms with E-state index in [1.54, 1.807) is 6.92 Å². The fraction of sp³-hybridized carbons (Fsp3) is 0.875. The minimum absolute atomic E-state index is 0.0505. The van der Waals surface area contributed by atoms with E-state index in [0.29, 0.717) is 0 Å². The Bertz CT molecular complexity index is 604. The van der Waals surface area contributed by atoms with Crippen LogP contribution in [0.3, 0.4) is 0 Å². The average molecular weight is 429 g/mol. The van der Waals surface area contributed by atoms with Gasteiger partial charge < -0.3 is 14.6 Å². The van der Waals surface area contributed by atoms with Crippen molar-refractivity contribution in [3.63, 3.8) is 0 Å². The second-order valence-electron chi connectivity index (χ2n) is 11.3. The van der Waals surface area contributed by atoms with Crippen LogP contribution in [0.25, 0.3) is 0 Å². The van der Waals surface area contributed by atoms with E-state index < -0.39 is 40.0 Å². The predicted molar refractivity (Wildman–Crippen MR) is 119 cm³/mol. The zero-order valence-corrected chi connectivity index (χ0v) is 21.0. The van der Waals surface area contributed by atoms with Crippen molar-refractivity contribution in [2.24, 2.45) is 16.7 Å². The number of carbonyl (C=O) groups is 3. The number of Topliss-reactive ketones (excluding diaryl/α,β-unsaturated/α-hetero) is 2. The highest BCUT2D eigenvalue weighted by atomic mass is 16.5. The summed E-state index contributed by atoms with van der Waals surface area (Å²) in [6, 6.07) is 0. The molecule has 0 saturated carbocycles. The van der Waals surface area contributed by atoms with Crippen molar-refractivity contribution >= 4 is 17.5 Å². The predicted octanol–water partition coefficient (Wildman–Crippen LogP) is 5.07. The standard InChI is InChI=1S/C24H44O6/c1-16(30-22(5,6)7)19(26)23(8,9)24(10,11)29-15-14-17(20(27)28)12-13-18(25)21(2,3)4/h16-17H,12-15H2,1-11H3,(H,27,28). The summed E-state index contributed by atoms with van der Waals surface area (Å²) < 4.78 is 11.8. The SMILES string of the molecule is CC(OC(C)(C)C)C(=O)C(C)(C)C(C)(C)OCCC(CCC(=O)C(C)(C)C)C(=O)O. The Hall–Kier alpha value is -1.27. The maximum Gasteiger partial charge on any atom is 0.306 e. The summed E-state index contributed by atoms with van der Waals surface area (Å²) in [6.07, 6.45) is 0.218. The average Bonchev–Trinajstić information content (AvgIpc) is 2.53. The van der Waals surface area contributed by atoms with E-state index in [1.807, 2.05) is 69.2 Å². The third-order valence-corrected chi connectivity index (χ3v) is 5.86. The summed E-state index contributed by atoms with van der Waals surface area (Å²) >= 11 is 0. The first-order chi connectivity index (χ1) is 13.2. The highest BCUT2D eigenvalue weighted by Gasteiger charge is 2.46. The van der Waals surface area contributed by atoms with Crippen LogP contribution in [0.1, 0.15) is 95.4 Å². The van der Waals surface area contributed by atoms with Gasteiger partial charge in [-0.05, 0) is 54.4 Å². The lowest BCUT2D eigenvalue weighted by atomic mass is 9.72. The molecule has 1 N–H and O–H groups in total. The molecule has 0 aliphatic carbocycles. The van der Waals surface area contributed by atoms with Crippen LogP contribution in [0.15, 0.2) is 0 Å². The Morgan fingerprint density at radius 3 is 1.77 bits per heavy atom. The van der Waals surface area contributed by atoms with Gasteiger partial charge in [0.05, 0.1) is 22.5 Å². The molecule has 2 atom stereocenters. The summed E-state index contributed by atoms with van der Waals surface area (Å²) in [5, 5.41) is 9.51. The fourth-order valence-electron chi connectivity index (χ4n) is 3.10. The summed E-state index contributed by atoms with van der Waals surface area (Å²) in [6.45, 7) is 20.5. The van der Waals surface area contributed by atoms with Crippen molar-refractivity contribution < 1.29 is 29.0 Å². The lowest BCUT2D eigenvalue weighted by molar-refractivity contribution is -0.167. The van der Waals surface area contributed by atoms with Crippen LogP contribution in [0.2, 0.25) is 0 Å². The molecule has 0 fully saturated rings. The van der Waals surface area contributed by atoms with E-state index >= 15 is 0 Å². The molecule has 0 rings (SSSR count). The smallest absolute Gasteiger partial charge is 0.306 e. The van der Waals surface area contributed by atoms with Crippen LogP contribution in [0.4, 0.5) is 0 Å². The molecule has 0 spiro atoms. The highest BCUT2D eigenvalue weighted by Crippen LogP contribution is 2.37. The fourth-order valence-corrected chi connectivity index (χ4v) is 3.10. The van der Waals surface area contributed by atoms with Crippen molar-refractivity contribution in [3.05, 3.63) is 0 Å². The molecule has 0 radical (unpaired) electrons. The zero-order valence-electron chi connectivity index (χ0n) is 21.0. The molecule has 0 aromatic carbocycles. The maximum absolute atomic E-state index is 13.0. The molecular weight excluding hydrogens is 384 g/mol. The summed E-state index contributed by atoms with van der Waals surface area (Å²) in [4.78, 5) is 36.8. The molecule has 0 aromatic heterocycles. The molecule has 2 unspecified atom stereocenters. The van der Waals surface area contributed by atoms with Gasteiger partial charge in [-0.3, -0.25) is 14.4 Å². The molecule has 6 heteroatoms. The van der Waals surface area contributed by atoms with Crippen LogP contribution in [0, 0.1) is 16.7 Å². The van der Waals surface area contributed by atoms with Gasteiger partial charge in [0.15, 0.2) is 5.78 Å². The van der Waals surface area contributed by atoms with Crippen LogP contribution in [0.5, 0.6) is 0 Å². The molecule has 0 saturated heterocycles.